The van der Waals surface area contributed by atoms with E-state index in [1.165, 1.54) is 23.1 Å². The van der Waals surface area contributed by atoms with Gasteiger partial charge in [-0.15, -0.1) is 0 Å². The van der Waals surface area contributed by atoms with E-state index in [-0.39, 0.29) is 24.2 Å². The molecule has 0 saturated heterocycles. The number of hydrogen-bond donors (Lipinski definition) is 1. The minimum atomic E-state index is -3.98. The van der Waals surface area contributed by atoms with E-state index in [1.807, 2.05) is 0 Å². The first kappa shape index (κ1) is 25.6. The van der Waals surface area contributed by atoms with Crippen molar-refractivity contribution >= 4 is 39.1 Å². The van der Waals surface area contributed by atoms with Crippen molar-refractivity contribution in [1.82, 2.24) is 10.2 Å². The molecule has 32 heavy (non-hydrogen) atoms. The maximum Gasteiger partial charge on any atom is 0.244 e. The van der Waals surface area contributed by atoms with Gasteiger partial charge in [-0.05, 0) is 50.6 Å². The molecule has 10 heteroatoms. The molecule has 2 aromatic rings. The van der Waals surface area contributed by atoms with Crippen LogP contribution in [-0.4, -0.2) is 50.0 Å². The molecule has 1 N–H and O–H groups in total. The molecule has 0 heterocycles. The molecule has 0 radical (unpaired) electrons. The van der Waals surface area contributed by atoms with Gasteiger partial charge in [0.15, 0.2) is 0 Å². The van der Waals surface area contributed by atoms with E-state index in [4.69, 9.17) is 11.6 Å². The van der Waals surface area contributed by atoms with E-state index >= 15 is 0 Å². The number of anilines is 1. The molecule has 2 aromatic carbocycles. The normalized spacial score (nSPS) is 12.3. The van der Waals surface area contributed by atoms with E-state index < -0.39 is 34.3 Å². The van der Waals surface area contributed by atoms with E-state index in [0.29, 0.717) is 14.9 Å². The minimum absolute atomic E-state index is 0.0392. The van der Waals surface area contributed by atoms with Crippen molar-refractivity contribution in [2.75, 3.05) is 17.1 Å². The van der Waals surface area contributed by atoms with Gasteiger partial charge >= 0.3 is 0 Å². The number of nitrogens with one attached hydrogen (secondary N) is 1. The van der Waals surface area contributed by atoms with E-state index in [9.17, 15) is 22.4 Å². The number of carbonyl (C=O) groups excluding carboxylic acids is 2. The number of benzene rings is 2. The van der Waals surface area contributed by atoms with Gasteiger partial charge in [-0.3, -0.25) is 13.9 Å². The van der Waals surface area contributed by atoms with Crippen LogP contribution in [0.4, 0.5) is 10.1 Å². The second kappa shape index (κ2) is 10.8. The summed E-state index contributed by atoms with van der Waals surface area (Å²) in [6.07, 6.45) is 0.894. The fourth-order valence-corrected chi connectivity index (χ4v) is 4.00. The number of rotatable bonds is 9. The second-order valence-corrected chi connectivity index (χ2v) is 10.1. The van der Waals surface area contributed by atoms with Crippen LogP contribution in [0.15, 0.2) is 48.5 Å². The Morgan fingerprint density at radius 2 is 1.66 bits per heavy atom. The summed E-state index contributed by atoms with van der Waals surface area (Å²) >= 11 is 5.93. The zero-order valence-electron chi connectivity index (χ0n) is 18.4. The lowest BCUT2D eigenvalue weighted by Gasteiger charge is -2.32. The van der Waals surface area contributed by atoms with Crippen molar-refractivity contribution in [3.05, 3.63) is 64.9 Å². The highest BCUT2D eigenvalue weighted by Gasteiger charge is 2.31. The number of para-hydroxylation sites is 1. The lowest BCUT2D eigenvalue weighted by atomic mass is 10.1. The number of amides is 2. The van der Waals surface area contributed by atoms with Gasteiger partial charge in [0.2, 0.25) is 21.8 Å². The summed E-state index contributed by atoms with van der Waals surface area (Å²) in [5, 5.41) is 3.27. The predicted molar refractivity (Wildman–Crippen MR) is 123 cm³/mol. The molecule has 7 nitrogen and oxygen atoms in total. The van der Waals surface area contributed by atoms with Gasteiger partial charge in [-0.1, -0.05) is 35.9 Å². The first-order valence-electron chi connectivity index (χ1n) is 9.96. The van der Waals surface area contributed by atoms with Gasteiger partial charge in [-0.2, -0.15) is 0 Å². The fourth-order valence-electron chi connectivity index (χ4n) is 3.02. The predicted octanol–water partition coefficient (Wildman–Crippen LogP) is 3.19. The summed E-state index contributed by atoms with van der Waals surface area (Å²) in [5.74, 6) is -1.82. The Hall–Kier alpha value is -2.65. The molecule has 0 unspecified atom stereocenters. The van der Waals surface area contributed by atoms with E-state index in [2.05, 4.69) is 5.32 Å². The Bertz CT molecular complexity index is 1060. The molecule has 1 atom stereocenters. The first-order chi connectivity index (χ1) is 14.9. The van der Waals surface area contributed by atoms with Gasteiger partial charge in [0.05, 0.1) is 11.9 Å². The Morgan fingerprint density at radius 3 is 2.19 bits per heavy atom. The Kier molecular flexibility index (Phi) is 8.63. The molecule has 0 aliphatic rings. The summed E-state index contributed by atoms with van der Waals surface area (Å²) in [6.45, 7) is 4.52. The zero-order valence-corrected chi connectivity index (χ0v) is 20.0. The second-order valence-electron chi connectivity index (χ2n) is 7.71. The molecule has 0 aliphatic heterocycles. The topological polar surface area (TPSA) is 86.8 Å². The molecule has 0 aliphatic carbocycles. The minimum Gasteiger partial charge on any atom is -0.352 e. The SMILES string of the molecule is CC(C)NC(=O)[C@H](C)N(Cc1ccc(Cl)cc1)C(=O)CN(c1ccccc1F)S(C)(=O)=O. The molecule has 0 fully saturated rings. The van der Waals surface area contributed by atoms with Gasteiger partial charge in [-0.25, -0.2) is 12.8 Å². The average Bonchev–Trinajstić information content (AvgIpc) is 2.70. The number of hydrogen-bond acceptors (Lipinski definition) is 4. The fraction of sp³-hybridized carbons (Fsp3) is 0.364. The summed E-state index contributed by atoms with van der Waals surface area (Å²) < 4.78 is 39.8. The van der Waals surface area contributed by atoms with Crippen LogP contribution in [-0.2, 0) is 26.2 Å². The van der Waals surface area contributed by atoms with Crippen LogP contribution < -0.4 is 9.62 Å². The van der Waals surface area contributed by atoms with Crippen molar-refractivity contribution < 1.29 is 22.4 Å². The highest BCUT2D eigenvalue weighted by Crippen LogP contribution is 2.22. The van der Waals surface area contributed by atoms with Crippen LogP contribution in [0, 0.1) is 5.82 Å². The number of carbonyl (C=O) groups is 2. The Labute approximate surface area is 193 Å². The molecular weight excluding hydrogens is 457 g/mol. The van der Waals surface area contributed by atoms with Crippen LogP contribution in [0.25, 0.3) is 0 Å². The summed E-state index contributed by atoms with van der Waals surface area (Å²) in [4.78, 5) is 27.2. The molecule has 0 aromatic heterocycles. The third-order valence-corrected chi connectivity index (χ3v) is 6.04. The number of nitrogens with zero attached hydrogens (tertiary/aromatic N) is 2. The van der Waals surface area contributed by atoms with Gasteiger partial charge in [0.1, 0.15) is 18.4 Å². The maximum atomic E-state index is 14.3. The smallest absolute Gasteiger partial charge is 0.244 e. The van der Waals surface area contributed by atoms with Crippen molar-refractivity contribution in [1.29, 1.82) is 0 Å². The van der Waals surface area contributed by atoms with Crippen molar-refractivity contribution in [3.63, 3.8) is 0 Å². The lowest BCUT2D eigenvalue weighted by Crippen LogP contribution is -2.52. The van der Waals surface area contributed by atoms with Crippen molar-refractivity contribution in [2.24, 2.45) is 0 Å². The van der Waals surface area contributed by atoms with Crippen LogP contribution in [0.1, 0.15) is 26.3 Å². The Balaban J connectivity index is 2.39. The largest absolute Gasteiger partial charge is 0.352 e. The van der Waals surface area contributed by atoms with Crippen LogP contribution >= 0.6 is 11.6 Å². The number of halogens is 2. The van der Waals surface area contributed by atoms with Crippen LogP contribution in [0.5, 0.6) is 0 Å². The van der Waals surface area contributed by atoms with E-state index in [0.717, 1.165) is 12.3 Å². The molecule has 2 rings (SSSR count). The molecule has 174 valence electrons. The standard InChI is InChI=1S/C22H27ClFN3O4S/c1-15(2)25-22(29)16(3)26(13-17-9-11-18(23)12-10-17)21(28)14-27(32(4,30)31)20-8-6-5-7-19(20)24/h5-12,15-16H,13-14H2,1-4H3,(H,25,29)/t16-/m0/s1. The molecule has 0 bridgehead atoms. The summed E-state index contributed by atoms with van der Waals surface area (Å²) in [7, 11) is -3.98. The summed E-state index contributed by atoms with van der Waals surface area (Å²) in [5.41, 5.74) is 0.456. The lowest BCUT2D eigenvalue weighted by molar-refractivity contribution is -0.139. The zero-order chi connectivity index (χ0) is 24.1. The van der Waals surface area contributed by atoms with Crippen molar-refractivity contribution in [2.45, 2.75) is 39.4 Å². The van der Waals surface area contributed by atoms with Crippen LogP contribution in [0.2, 0.25) is 5.02 Å². The van der Waals surface area contributed by atoms with Gasteiger partial charge in [0.25, 0.3) is 0 Å². The van der Waals surface area contributed by atoms with Gasteiger partial charge < -0.3 is 10.2 Å². The molecule has 2 amide bonds. The Morgan fingerprint density at radius 1 is 1.06 bits per heavy atom. The maximum absolute atomic E-state index is 14.3. The molecular formula is C22H27ClFN3O4S. The monoisotopic (exact) mass is 483 g/mol. The highest BCUT2D eigenvalue weighted by atomic mass is 35.5. The molecule has 0 saturated carbocycles. The summed E-state index contributed by atoms with van der Waals surface area (Å²) in [6, 6.07) is 11.0. The third-order valence-electron chi connectivity index (χ3n) is 4.66. The highest BCUT2D eigenvalue weighted by molar-refractivity contribution is 7.92. The van der Waals surface area contributed by atoms with Crippen LogP contribution in [0.3, 0.4) is 0 Å². The molecule has 0 spiro atoms. The van der Waals surface area contributed by atoms with Crippen molar-refractivity contribution in [3.8, 4) is 0 Å². The average molecular weight is 484 g/mol. The first-order valence-corrected chi connectivity index (χ1v) is 12.2. The van der Waals surface area contributed by atoms with Gasteiger partial charge in [0, 0.05) is 17.6 Å². The quantitative estimate of drug-likeness (QED) is 0.593. The van der Waals surface area contributed by atoms with E-state index in [1.54, 1.807) is 45.0 Å². The number of sulfonamides is 1. The third kappa shape index (κ3) is 6.93.